The predicted molar refractivity (Wildman–Crippen MR) is 79.2 cm³/mol. The van der Waals surface area contributed by atoms with Crippen LogP contribution < -0.4 is 5.73 Å². The standard InChI is InChI=1S/C12H18BrF2NO3S/c1-2-3-4-5-9(17)10(6-12(13,14)15)20-7-8(16)11(18)19/h6,8H,2-5,7,16H2,1H3,(H,18,19)/b10-6-/t8-/m0/s1. The summed E-state index contributed by atoms with van der Waals surface area (Å²) in [5.41, 5.74) is 5.29. The summed E-state index contributed by atoms with van der Waals surface area (Å²) < 4.78 is 25.9. The Balaban J connectivity index is 4.70. The van der Waals surface area contributed by atoms with E-state index in [1.54, 1.807) is 0 Å². The van der Waals surface area contributed by atoms with Gasteiger partial charge in [-0.15, -0.1) is 11.8 Å². The fourth-order valence-electron chi connectivity index (χ4n) is 1.26. The third-order valence-corrected chi connectivity index (χ3v) is 3.72. The molecule has 0 aliphatic heterocycles. The number of aliphatic carboxylic acids is 1. The number of carbonyl (C=O) groups is 2. The average molecular weight is 374 g/mol. The molecule has 0 aliphatic rings. The minimum absolute atomic E-state index is 0.135. The van der Waals surface area contributed by atoms with Crippen molar-refractivity contribution in [3.63, 3.8) is 0 Å². The van der Waals surface area contributed by atoms with Gasteiger partial charge in [0.25, 0.3) is 0 Å². The van der Waals surface area contributed by atoms with Gasteiger partial charge in [-0.1, -0.05) is 19.8 Å². The van der Waals surface area contributed by atoms with E-state index < -0.39 is 22.6 Å². The number of Topliss-reactive ketones (excluding diaryl/α,β-unsaturated/α-hetero) is 1. The van der Waals surface area contributed by atoms with Crippen LogP contribution >= 0.6 is 27.7 Å². The van der Waals surface area contributed by atoms with E-state index in [0.29, 0.717) is 12.5 Å². The number of thioether (sulfide) groups is 1. The highest BCUT2D eigenvalue weighted by atomic mass is 79.9. The molecule has 0 aromatic heterocycles. The zero-order chi connectivity index (χ0) is 15.8. The van der Waals surface area contributed by atoms with Crippen LogP contribution in [0.2, 0.25) is 0 Å². The van der Waals surface area contributed by atoms with Gasteiger partial charge in [0, 0.05) is 18.2 Å². The molecule has 0 heterocycles. The third kappa shape index (κ3) is 9.44. The Bertz CT molecular complexity index is 372. The number of alkyl halides is 3. The molecule has 0 amide bonds. The van der Waals surface area contributed by atoms with Crippen molar-refractivity contribution in [1.29, 1.82) is 0 Å². The number of carboxylic acid groups (broad SMARTS) is 1. The molecular formula is C12H18BrF2NO3S. The average Bonchev–Trinajstić information content (AvgIpc) is 2.32. The number of carbonyl (C=O) groups excluding carboxylic acids is 1. The van der Waals surface area contributed by atoms with Crippen molar-refractivity contribution in [2.45, 2.75) is 43.5 Å². The number of unbranched alkanes of at least 4 members (excludes halogenated alkanes) is 2. The third-order valence-electron chi connectivity index (χ3n) is 2.31. The second-order valence-corrected chi connectivity index (χ2v) is 6.31. The number of ketones is 1. The van der Waals surface area contributed by atoms with Gasteiger partial charge in [0.2, 0.25) is 0 Å². The normalized spacial score (nSPS) is 14.2. The highest BCUT2D eigenvalue weighted by Crippen LogP contribution is 2.30. The Morgan fingerprint density at radius 3 is 2.50 bits per heavy atom. The summed E-state index contributed by atoms with van der Waals surface area (Å²) in [7, 11) is 0. The SMILES string of the molecule is CCCCCC(=O)/C(=C/C(F)(F)Br)SC[C@H](N)C(=O)O. The van der Waals surface area contributed by atoms with E-state index in [1.165, 1.54) is 0 Å². The van der Waals surface area contributed by atoms with Crippen LogP contribution in [0.1, 0.15) is 32.6 Å². The first-order chi connectivity index (χ1) is 9.17. The molecule has 0 aromatic carbocycles. The summed E-state index contributed by atoms with van der Waals surface area (Å²) >= 11 is 2.89. The van der Waals surface area contributed by atoms with E-state index in [9.17, 15) is 18.4 Å². The Hall–Kier alpha value is -0.470. The molecule has 8 heteroatoms. The molecule has 0 spiro atoms. The highest BCUT2D eigenvalue weighted by Gasteiger charge is 2.25. The van der Waals surface area contributed by atoms with Gasteiger partial charge in [-0.2, -0.15) is 8.78 Å². The van der Waals surface area contributed by atoms with Crippen molar-refractivity contribution in [2.24, 2.45) is 5.73 Å². The van der Waals surface area contributed by atoms with E-state index >= 15 is 0 Å². The molecule has 0 rings (SSSR count). The lowest BCUT2D eigenvalue weighted by Crippen LogP contribution is -2.32. The lowest BCUT2D eigenvalue weighted by Gasteiger charge is -2.11. The molecule has 0 radical (unpaired) electrons. The van der Waals surface area contributed by atoms with Crippen LogP contribution in [0, 0.1) is 0 Å². The second kappa shape index (κ2) is 9.46. The molecular weight excluding hydrogens is 356 g/mol. The van der Waals surface area contributed by atoms with Crippen LogP contribution in [-0.4, -0.2) is 33.5 Å². The Labute approximate surface area is 129 Å². The molecule has 0 aliphatic carbocycles. The molecule has 1 atom stereocenters. The van der Waals surface area contributed by atoms with E-state index in [0.717, 1.165) is 24.6 Å². The maximum Gasteiger partial charge on any atom is 0.321 e. The van der Waals surface area contributed by atoms with E-state index in [4.69, 9.17) is 10.8 Å². The Morgan fingerprint density at radius 1 is 1.45 bits per heavy atom. The van der Waals surface area contributed by atoms with E-state index in [1.807, 2.05) is 6.92 Å². The zero-order valence-electron chi connectivity index (χ0n) is 11.1. The Morgan fingerprint density at radius 2 is 2.05 bits per heavy atom. The summed E-state index contributed by atoms with van der Waals surface area (Å²) in [5, 5.41) is 8.64. The van der Waals surface area contributed by atoms with Crippen LogP contribution in [0.4, 0.5) is 8.78 Å². The van der Waals surface area contributed by atoms with Gasteiger partial charge in [0.1, 0.15) is 6.04 Å². The number of halogens is 3. The van der Waals surface area contributed by atoms with E-state index in [2.05, 4.69) is 15.9 Å². The van der Waals surface area contributed by atoms with Gasteiger partial charge in [-0.3, -0.25) is 9.59 Å². The first kappa shape index (κ1) is 19.5. The molecule has 20 heavy (non-hydrogen) atoms. The van der Waals surface area contributed by atoms with E-state index in [-0.39, 0.29) is 17.1 Å². The molecule has 0 saturated heterocycles. The monoisotopic (exact) mass is 373 g/mol. The number of carboxylic acids is 1. The molecule has 3 N–H and O–H groups in total. The van der Waals surface area contributed by atoms with Crippen molar-refractivity contribution in [1.82, 2.24) is 0 Å². The first-order valence-electron chi connectivity index (χ1n) is 6.11. The predicted octanol–water partition coefficient (Wildman–Crippen LogP) is 3.15. The quantitative estimate of drug-likeness (QED) is 0.349. The zero-order valence-corrected chi connectivity index (χ0v) is 13.5. The smallest absolute Gasteiger partial charge is 0.321 e. The number of rotatable bonds is 10. The Kier molecular flexibility index (Phi) is 9.24. The van der Waals surface area contributed by atoms with Gasteiger partial charge in [0.15, 0.2) is 5.78 Å². The number of hydrogen-bond acceptors (Lipinski definition) is 4. The van der Waals surface area contributed by atoms with Crippen LogP contribution in [0.3, 0.4) is 0 Å². The molecule has 0 bridgehead atoms. The molecule has 0 fully saturated rings. The summed E-state index contributed by atoms with van der Waals surface area (Å²) in [6, 6.07) is -1.20. The van der Waals surface area contributed by atoms with Gasteiger partial charge < -0.3 is 10.8 Å². The summed E-state index contributed by atoms with van der Waals surface area (Å²) in [6.07, 6.45) is 3.03. The maximum atomic E-state index is 12.9. The van der Waals surface area contributed by atoms with Crippen LogP contribution in [0.5, 0.6) is 0 Å². The fourth-order valence-corrected chi connectivity index (χ4v) is 2.64. The topological polar surface area (TPSA) is 80.4 Å². The van der Waals surface area contributed by atoms with Crippen LogP contribution in [-0.2, 0) is 9.59 Å². The van der Waals surface area contributed by atoms with Gasteiger partial charge in [-0.05, 0) is 22.4 Å². The molecule has 0 saturated carbocycles. The highest BCUT2D eigenvalue weighted by molar-refractivity contribution is 9.10. The van der Waals surface area contributed by atoms with Crippen molar-refractivity contribution < 1.29 is 23.5 Å². The second-order valence-electron chi connectivity index (χ2n) is 4.19. The van der Waals surface area contributed by atoms with Crippen molar-refractivity contribution in [2.75, 3.05) is 5.75 Å². The van der Waals surface area contributed by atoms with Crippen molar-refractivity contribution in [3.8, 4) is 0 Å². The molecule has 4 nitrogen and oxygen atoms in total. The molecule has 0 unspecified atom stereocenters. The van der Waals surface area contributed by atoms with Crippen LogP contribution in [0.15, 0.2) is 11.0 Å². The van der Waals surface area contributed by atoms with Gasteiger partial charge in [-0.25, -0.2) is 0 Å². The van der Waals surface area contributed by atoms with Crippen molar-refractivity contribution >= 4 is 39.4 Å². The minimum atomic E-state index is -3.30. The van der Waals surface area contributed by atoms with Crippen LogP contribution in [0.25, 0.3) is 0 Å². The number of allylic oxidation sites excluding steroid dienone is 2. The maximum absolute atomic E-state index is 12.9. The lowest BCUT2D eigenvalue weighted by atomic mass is 10.1. The summed E-state index contributed by atoms with van der Waals surface area (Å²) in [5.74, 6) is -1.79. The van der Waals surface area contributed by atoms with Gasteiger partial charge in [0.05, 0.1) is 4.91 Å². The minimum Gasteiger partial charge on any atom is -0.480 e. The first-order valence-corrected chi connectivity index (χ1v) is 7.89. The molecule has 116 valence electrons. The van der Waals surface area contributed by atoms with Gasteiger partial charge >= 0.3 is 10.8 Å². The molecule has 0 aromatic rings. The fraction of sp³-hybridized carbons (Fsp3) is 0.667. The summed E-state index contributed by atoms with van der Waals surface area (Å²) in [4.78, 5) is 19.0. The number of hydrogen-bond donors (Lipinski definition) is 2. The summed E-state index contributed by atoms with van der Waals surface area (Å²) in [6.45, 7) is 1.97. The number of nitrogens with two attached hydrogens (primary N) is 1. The lowest BCUT2D eigenvalue weighted by molar-refractivity contribution is -0.137. The van der Waals surface area contributed by atoms with Crippen molar-refractivity contribution in [3.05, 3.63) is 11.0 Å². The largest absolute Gasteiger partial charge is 0.480 e.